The Morgan fingerprint density at radius 2 is 2.04 bits per heavy atom. The summed E-state index contributed by atoms with van der Waals surface area (Å²) in [6.07, 6.45) is 3.73. The maximum Gasteiger partial charge on any atom is 0.231 e. The lowest BCUT2D eigenvalue weighted by molar-refractivity contribution is -0.124. The zero-order valence-electron chi connectivity index (χ0n) is 12.9. The molecule has 1 heterocycles. The lowest BCUT2D eigenvalue weighted by atomic mass is 9.94. The molecule has 6 nitrogen and oxygen atoms in total. The Morgan fingerprint density at radius 1 is 1.35 bits per heavy atom. The molecule has 23 heavy (non-hydrogen) atoms. The van der Waals surface area contributed by atoms with Gasteiger partial charge in [0.2, 0.25) is 5.91 Å². The minimum Gasteiger partial charge on any atom is -0.346 e. The van der Waals surface area contributed by atoms with Gasteiger partial charge in [0.1, 0.15) is 5.82 Å². The number of tetrazole rings is 1. The van der Waals surface area contributed by atoms with Gasteiger partial charge in [-0.1, -0.05) is 12.1 Å². The summed E-state index contributed by atoms with van der Waals surface area (Å²) in [7, 11) is 0. The molecule has 7 heteroatoms. The Kier molecular flexibility index (Phi) is 3.18. The average Bonchev–Trinajstić information content (AvgIpc) is 3.46. The quantitative estimate of drug-likeness (QED) is 0.916. The molecule has 120 valence electrons. The fraction of sp³-hybridized carbons (Fsp3) is 0.500. The SMILES string of the molecule is C[C@@H](NC(=O)C1(c2ccc(F)cc2)CC1)c1nnnn1C1CC1. The Labute approximate surface area is 133 Å². The van der Waals surface area contributed by atoms with Crippen LogP contribution < -0.4 is 5.32 Å². The van der Waals surface area contributed by atoms with E-state index in [-0.39, 0.29) is 17.8 Å². The maximum atomic E-state index is 13.1. The van der Waals surface area contributed by atoms with E-state index in [2.05, 4.69) is 20.8 Å². The second-order valence-electron chi connectivity index (χ2n) is 6.50. The molecule has 2 aliphatic carbocycles. The average molecular weight is 315 g/mol. The minimum absolute atomic E-state index is 0.0399. The lowest BCUT2D eigenvalue weighted by Crippen LogP contribution is -2.37. The number of carbonyl (C=O) groups excluding carboxylic acids is 1. The van der Waals surface area contributed by atoms with Crippen molar-refractivity contribution in [1.82, 2.24) is 25.5 Å². The van der Waals surface area contributed by atoms with Gasteiger partial charge in [-0.15, -0.1) is 5.10 Å². The van der Waals surface area contributed by atoms with Gasteiger partial charge < -0.3 is 5.32 Å². The molecule has 1 aromatic heterocycles. The predicted molar refractivity (Wildman–Crippen MR) is 80.0 cm³/mol. The number of rotatable bonds is 5. The second kappa shape index (κ2) is 5.11. The van der Waals surface area contributed by atoms with Crippen LogP contribution >= 0.6 is 0 Å². The van der Waals surface area contributed by atoms with E-state index in [9.17, 15) is 9.18 Å². The van der Waals surface area contributed by atoms with Gasteiger partial charge in [0, 0.05) is 0 Å². The number of hydrogen-bond acceptors (Lipinski definition) is 4. The Morgan fingerprint density at radius 3 is 2.65 bits per heavy atom. The van der Waals surface area contributed by atoms with E-state index in [4.69, 9.17) is 0 Å². The third-order valence-electron chi connectivity index (χ3n) is 4.73. The van der Waals surface area contributed by atoms with E-state index >= 15 is 0 Å². The fourth-order valence-electron chi connectivity index (χ4n) is 3.00. The Balaban J connectivity index is 1.51. The molecule has 2 fully saturated rings. The Bertz CT molecular complexity index is 733. The van der Waals surface area contributed by atoms with Crippen molar-refractivity contribution < 1.29 is 9.18 Å². The smallest absolute Gasteiger partial charge is 0.231 e. The summed E-state index contributed by atoms with van der Waals surface area (Å²) in [5, 5.41) is 14.8. The van der Waals surface area contributed by atoms with Crippen LogP contribution in [0.25, 0.3) is 0 Å². The van der Waals surface area contributed by atoms with Gasteiger partial charge in [-0.3, -0.25) is 4.79 Å². The summed E-state index contributed by atoms with van der Waals surface area (Å²) in [4.78, 5) is 12.7. The van der Waals surface area contributed by atoms with E-state index in [0.717, 1.165) is 31.2 Å². The number of aromatic nitrogens is 4. The summed E-state index contributed by atoms with van der Waals surface area (Å²) in [6, 6.07) is 6.31. The zero-order chi connectivity index (χ0) is 16.0. The highest BCUT2D eigenvalue weighted by Crippen LogP contribution is 2.48. The molecule has 2 saturated carbocycles. The van der Waals surface area contributed by atoms with Crippen molar-refractivity contribution in [3.63, 3.8) is 0 Å². The third kappa shape index (κ3) is 2.50. The third-order valence-corrected chi connectivity index (χ3v) is 4.73. The highest BCUT2D eigenvalue weighted by atomic mass is 19.1. The largest absolute Gasteiger partial charge is 0.346 e. The minimum atomic E-state index is -0.528. The Hall–Kier alpha value is -2.31. The number of hydrogen-bond donors (Lipinski definition) is 1. The van der Waals surface area contributed by atoms with Gasteiger partial charge in [-0.05, 0) is 60.7 Å². The summed E-state index contributed by atoms with van der Waals surface area (Å²) >= 11 is 0. The zero-order valence-corrected chi connectivity index (χ0v) is 12.9. The van der Waals surface area contributed by atoms with E-state index in [1.54, 1.807) is 12.1 Å². The molecule has 0 unspecified atom stereocenters. The van der Waals surface area contributed by atoms with E-state index < -0.39 is 5.41 Å². The molecule has 2 aliphatic rings. The molecule has 1 amide bonds. The first-order chi connectivity index (χ1) is 11.1. The normalized spacial score (nSPS) is 20.1. The number of carbonyl (C=O) groups is 1. The summed E-state index contributed by atoms with van der Waals surface area (Å²) in [5.41, 5.74) is 0.338. The topological polar surface area (TPSA) is 72.7 Å². The standard InChI is InChI=1S/C16H18FN5O/c1-10(14-19-20-21-22(14)13-6-7-13)18-15(23)16(8-9-16)11-2-4-12(17)5-3-11/h2-5,10,13H,6-9H2,1H3,(H,18,23)/t10-/m1/s1. The van der Waals surface area contributed by atoms with Crippen LogP contribution in [-0.4, -0.2) is 26.1 Å². The molecule has 2 aromatic rings. The van der Waals surface area contributed by atoms with Crippen LogP contribution in [0.2, 0.25) is 0 Å². The van der Waals surface area contributed by atoms with Crippen molar-refractivity contribution in [3.05, 3.63) is 41.5 Å². The molecule has 0 saturated heterocycles. The number of amides is 1. The second-order valence-corrected chi connectivity index (χ2v) is 6.50. The van der Waals surface area contributed by atoms with Crippen LogP contribution in [0.3, 0.4) is 0 Å². The molecular weight excluding hydrogens is 297 g/mol. The summed E-state index contributed by atoms with van der Waals surface area (Å²) in [6.45, 7) is 1.89. The fourth-order valence-corrected chi connectivity index (χ4v) is 3.00. The molecule has 0 spiro atoms. The number of benzene rings is 1. The first kappa shape index (κ1) is 14.3. The predicted octanol–water partition coefficient (Wildman–Crippen LogP) is 2.06. The van der Waals surface area contributed by atoms with Crippen molar-refractivity contribution in [3.8, 4) is 0 Å². The van der Waals surface area contributed by atoms with Crippen LogP contribution in [0.1, 0.15) is 56.1 Å². The number of halogens is 1. The molecule has 0 aliphatic heterocycles. The van der Waals surface area contributed by atoms with Crippen LogP contribution in [0, 0.1) is 5.82 Å². The maximum absolute atomic E-state index is 13.1. The molecule has 1 aromatic carbocycles. The van der Waals surface area contributed by atoms with Crippen LogP contribution in [-0.2, 0) is 10.2 Å². The molecule has 1 atom stereocenters. The van der Waals surface area contributed by atoms with Gasteiger partial charge >= 0.3 is 0 Å². The van der Waals surface area contributed by atoms with Crippen molar-refractivity contribution in [2.24, 2.45) is 0 Å². The molecule has 0 radical (unpaired) electrons. The number of nitrogens with one attached hydrogen (secondary N) is 1. The van der Waals surface area contributed by atoms with Gasteiger partial charge in [0.15, 0.2) is 5.82 Å². The number of nitrogens with zero attached hydrogens (tertiary/aromatic N) is 4. The van der Waals surface area contributed by atoms with Crippen LogP contribution in [0.4, 0.5) is 4.39 Å². The summed E-state index contributed by atoms with van der Waals surface area (Å²) in [5.74, 6) is 0.361. The van der Waals surface area contributed by atoms with Crippen molar-refractivity contribution >= 4 is 5.91 Å². The highest BCUT2D eigenvalue weighted by Gasteiger charge is 2.51. The van der Waals surface area contributed by atoms with E-state index in [0.29, 0.717) is 11.9 Å². The first-order valence-corrected chi connectivity index (χ1v) is 7.95. The van der Waals surface area contributed by atoms with Crippen molar-refractivity contribution in [2.75, 3.05) is 0 Å². The van der Waals surface area contributed by atoms with Crippen LogP contribution in [0.15, 0.2) is 24.3 Å². The molecule has 4 rings (SSSR count). The van der Waals surface area contributed by atoms with Gasteiger partial charge in [0.25, 0.3) is 0 Å². The molecule has 0 bridgehead atoms. The van der Waals surface area contributed by atoms with E-state index in [1.807, 2.05) is 11.6 Å². The van der Waals surface area contributed by atoms with E-state index in [1.165, 1.54) is 12.1 Å². The van der Waals surface area contributed by atoms with Gasteiger partial charge in [-0.25, -0.2) is 9.07 Å². The molecule has 1 N–H and O–H groups in total. The van der Waals surface area contributed by atoms with Gasteiger partial charge in [0.05, 0.1) is 17.5 Å². The summed E-state index contributed by atoms with van der Waals surface area (Å²) < 4.78 is 14.9. The lowest BCUT2D eigenvalue weighted by Gasteiger charge is -2.19. The monoisotopic (exact) mass is 315 g/mol. The highest BCUT2D eigenvalue weighted by molar-refractivity contribution is 5.91. The van der Waals surface area contributed by atoms with Crippen molar-refractivity contribution in [2.45, 2.75) is 50.1 Å². The van der Waals surface area contributed by atoms with Gasteiger partial charge in [-0.2, -0.15) is 0 Å². The molecular formula is C16H18FN5O. The van der Waals surface area contributed by atoms with Crippen molar-refractivity contribution in [1.29, 1.82) is 0 Å². The first-order valence-electron chi connectivity index (χ1n) is 7.95. The van der Waals surface area contributed by atoms with Crippen LogP contribution in [0.5, 0.6) is 0 Å².